The molecule has 0 amide bonds. The highest BCUT2D eigenvalue weighted by molar-refractivity contribution is 9.10. The summed E-state index contributed by atoms with van der Waals surface area (Å²) in [5.74, 6) is 0.388. The lowest BCUT2D eigenvalue weighted by Crippen LogP contribution is -1.85. The maximum Gasteiger partial charge on any atom is 0.328 e. The molecule has 0 aliphatic rings. The van der Waals surface area contributed by atoms with Gasteiger partial charge in [0.25, 0.3) is 0 Å². The summed E-state index contributed by atoms with van der Waals surface area (Å²) in [6.45, 7) is 0. The van der Waals surface area contributed by atoms with E-state index in [0.717, 1.165) is 25.5 Å². The zero-order valence-electron chi connectivity index (χ0n) is 11.2. The van der Waals surface area contributed by atoms with Crippen molar-refractivity contribution in [1.82, 2.24) is 4.98 Å². The molecule has 6 heteroatoms. The number of hydrogen-bond donors (Lipinski definition) is 1. The molecule has 3 aromatic rings. The Balaban J connectivity index is 1.95. The summed E-state index contributed by atoms with van der Waals surface area (Å²) < 4.78 is 7.79. The fraction of sp³-hybridized carbons (Fsp3) is 0. The van der Waals surface area contributed by atoms with Gasteiger partial charge in [-0.25, -0.2) is 4.79 Å². The lowest BCUT2D eigenvalue weighted by molar-refractivity contribution is -0.131. The second-order valence-electron chi connectivity index (χ2n) is 4.43. The molecule has 0 atom stereocenters. The number of rotatable bonds is 4. The largest absolute Gasteiger partial charge is 0.478 e. The van der Waals surface area contributed by atoms with E-state index in [-0.39, 0.29) is 0 Å². The van der Waals surface area contributed by atoms with Gasteiger partial charge < -0.3 is 9.84 Å². The van der Waals surface area contributed by atoms with Gasteiger partial charge in [0.05, 0.1) is 10.9 Å². The summed E-state index contributed by atoms with van der Waals surface area (Å²) >= 11 is 4.85. The van der Waals surface area contributed by atoms with Crippen LogP contribution in [0.4, 0.5) is 0 Å². The Morgan fingerprint density at radius 2 is 2.05 bits per heavy atom. The topological polar surface area (TPSA) is 59.4 Å². The van der Waals surface area contributed by atoms with Crippen LogP contribution in [-0.2, 0) is 4.79 Å². The van der Waals surface area contributed by atoms with Crippen molar-refractivity contribution < 1.29 is 14.6 Å². The number of aromatic nitrogens is 1. The SMILES string of the molecule is O=C(O)C=Cc1cc2c(Oc3ccc(Br)cc3)cncc2s1. The fourth-order valence-corrected chi connectivity index (χ4v) is 3.12. The van der Waals surface area contributed by atoms with Crippen LogP contribution in [-0.4, -0.2) is 16.1 Å². The minimum Gasteiger partial charge on any atom is -0.478 e. The third-order valence-corrected chi connectivity index (χ3v) is 4.42. The molecule has 0 bridgehead atoms. The normalized spacial score (nSPS) is 11.1. The third-order valence-electron chi connectivity index (χ3n) is 2.86. The van der Waals surface area contributed by atoms with Crippen molar-refractivity contribution >= 4 is 49.4 Å². The Kier molecular flexibility index (Phi) is 4.22. The number of ether oxygens (including phenoxy) is 1. The number of carboxylic acids is 1. The molecule has 0 aliphatic heterocycles. The third kappa shape index (κ3) is 3.35. The Bertz CT molecular complexity index is 855. The molecule has 0 aliphatic carbocycles. The first-order valence-electron chi connectivity index (χ1n) is 6.34. The molecule has 0 saturated heterocycles. The predicted molar refractivity (Wildman–Crippen MR) is 90.5 cm³/mol. The van der Waals surface area contributed by atoms with E-state index in [1.54, 1.807) is 18.5 Å². The Morgan fingerprint density at radius 1 is 1.27 bits per heavy atom. The van der Waals surface area contributed by atoms with Gasteiger partial charge in [-0.2, -0.15) is 0 Å². The van der Waals surface area contributed by atoms with E-state index in [1.807, 2.05) is 30.3 Å². The van der Waals surface area contributed by atoms with E-state index in [0.29, 0.717) is 11.5 Å². The van der Waals surface area contributed by atoms with Crippen LogP contribution < -0.4 is 4.74 Å². The Morgan fingerprint density at radius 3 is 2.77 bits per heavy atom. The highest BCUT2D eigenvalue weighted by atomic mass is 79.9. The molecule has 0 spiro atoms. The molecule has 22 heavy (non-hydrogen) atoms. The zero-order chi connectivity index (χ0) is 15.5. The van der Waals surface area contributed by atoms with Crippen LogP contribution in [0.25, 0.3) is 16.2 Å². The predicted octanol–water partition coefficient (Wildman–Crippen LogP) is 4.95. The number of hydrogen-bond acceptors (Lipinski definition) is 4. The zero-order valence-corrected chi connectivity index (χ0v) is 13.6. The number of thiophene rings is 1. The van der Waals surface area contributed by atoms with Gasteiger partial charge in [-0.15, -0.1) is 11.3 Å². The summed E-state index contributed by atoms with van der Waals surface area (Å²) in [7, 11) is 0. The van der Waals surface area contributed by atoms with Crippen molar-refractivity contribution in [3.8, 4) is 11.5 Å². The summed E-state index contributed by atoms with van der Waals surface area (Å²) in [4.78, 5) is 15.6. The molecular weight excluding hydrogens is 366 g/mol. The Hall–Kier alpha value is -2.18. The molecule has 110 valence electrons. The first-order chi connectivity index (χ1) is 10.6. The van der Waals surface area contributed by atoms with Crippen molar-refractivity contribution in [2.45, 2.75) is 0 Å². The standard InChI is InChI=1S/C16H10BrNO3S/c17-10-1-3-11(4-2-10)21-14-8-18-9-15-13(14)7-12(22-15)5-6-16(19)20/h1-9H,(H,19,20). The number of halogens is 1. The number of fused-ring (bicyclic) bond motifs is 1. The van der Waals surface area contributed by atoms with Crippen LogP contribution in [0.1, 0.15) is 4.88 Å². The number of pyridine rings is 1. The molecule has 2 heterocycles. The number of carbonyl (C=O) groups is 1. The average Bonchev–Trinajstić information content (AvgIpc) is 2.92. The van der Waals surface area contributed by atoms with E-state index < -0.39 is 5.97 Å². The summed E-state index contributed by atoms with van der Waals surface area (Å²) in [5, 5.41) is 9.61. The lowest BCUT2D eigenvalue weighted by Gasteiger charge is -2.06. The first-order valence-corrected chi connectivity index (χ1v) is 7.95. The van der Waals surface area contributed by atoms with Crippen LogP contribution >= 0.6 is 27.3 Å². The molecular formula is C16H10BrNO3S. The summed E-state index contributed by atoms with van der Waals surface area (Å²) in [5.41, 5.74) is 0. The van der Waals surface area contributed by atoms with Crippen LogP contribution in [0.2, 0.25) is 0 Å². The molecule has 0 unspecified atom stereocenters. The second kappa shape index (κ2) is 6.29. The van der Waals surface area contributed by atoms with E-state index in [1.165, 1.54) is 11.3 Å². The van der Waals surface area contributed by atoms with Crippen molar-refractivity contribution in [3.05, 3.63) is 58.2 Å². The van der Waals surface area contributed by atoms with Crippen LogP contribution in [0.15, 0.2) is 53.3 Å². The molecule has 1 aromatic carbocycles. The van der Waals surface area contributed by atoms with Gasteiger partial charge in [0.15, 0.2) is 5.75 Å². The molecule has 0 fully saturated rings. The van der Waals surface area contributed by atoms with Crippen LogP contribution in [0, 0.1) is 0 Å². The van der Waals surface area contributed by atoms with Crippen molar-refractivity contribution in [3.63, 3.8) is 0 Å². The minimum absolute atomic E-state index is 0.644. The van der Waals surface area contributed by atoms with Gasteiger partial charge in [0.1, 0.15) is 5.75 Å². The van der Waals surface area contributed by atoms with Crippen LogP contribution in [0.3, 0.4) is 0 Å². The molecule has 3 rings (SSSR count). The van der Waals surface area contributed by atoms with Gasteiger partial charge in [-0.3, -0.25) is 4.98 Å². The van der Waals surface area contributed by atoms with E-state index >= 15 is 0 Å². The highest BCUT2D eigenvalue weighted by Gasteiger charge is 2.08. The Labute approximate surface area is 138 Å². The minimum atomic E-state index is -0.970. The van der Waals surface area contributed by atoms with Crippen molar-refractivity contribution in [2.75, 3.05) is 0 Å². The molecule has 2 aromatic heterocycles. The summed E-state index contributed by atoms with van der Waals surface area (Å²) in [6.07, 6.45) is 6.08. The first kappa shape index (κ1) is 14.7. The smallest absolute Gasteiger partial charge is 0.328 e. The van der Waals surface area contributed by atoms with E-state index in [4.69, 9.17) is 9.84 Å². The van der Waals surface area contributed by atoms with Gasteiger partial charge in [0, 0.05) is 27.0 Å². The number of aliphatic carboxylic acids is 1. The van der Waals surface area contributed by atoms with Crippen molar-refractivity contribution in [1.29, 1.82) is 0 Å². The van der Waals surface area contributed by atoms with E-state index in [2.05, 4.69) is 20.9 Å². The van der Waals surface area contributed by atoms with Crippen LogP contribution in [0.5, 0.6) is 11.5 Å². The molecule has 1 N–H and O–H groups in total. The van der Waals surface area contributed by atoms with Gasteiger partial charge >= 0.3 is 5.97 Å². The van der Waals surface area contributed by atoms with Crippen molar-refractivity contribution in [2.24, 2.45) is 0 Å². The molecule has 0 saturated carbocycles. The molecule has 4 nitrogen and oxygen atoms in total. The molecule has 0 radical (unpaired) electrons. The fourth-order valence-electron chi connectivity index (χ4n) is 1.90. The van der Waals surface area contributed by atoms with Gasteiger partial charge in [-0.1, -0.05) is 15.9 Å². The number of carboxylic acid groups (broad SMARTS) is 1. The van der Waals surface area contributed by atoms with Gasteiger partial charge in [-0.05, 0) is 36.4 Å². The maximum absolute atomic E-state index is 10.6. The quantitative estimate of drug-likeness (QED) is 0.655. The maximum atomic E-state index is 10.6. The van der Waals surface area contributed by atoms with E-state index in [9.17, 15) is 4.79 Å². The highest BCUT2D eigenvalue weighted by Crippen LogP contribution is 2.35. The number of benzene rings is 1. The second-order valence-corrected chi connectivity index (χ2v) is 6.46. The average molecular weight is 376 g/mol. The lowest BCUT2D eigenvalue weighted by atomic mass is 10.2. The number of nitrogens with zero attached hydrogens (tertiary/aromatic N) is 1. The van der Waals surface area contributed by atoms with Gasteiger partial charge in [0.2, 0.25) is 0 Å². The summed E-state index contributed by atoms with van der Waals surface area (Å²) in [6, 6.07) is 9.42. The monoisotopic (exact) mass is 375 g/mol.